The molecule has 0 saturated carbocycles. The van der Waals surface area contributed by atoms with E-state index in [0.717, 1.165) is 14.8 Å². The molecule has 0 aliphatic carbocycles. The summed E-state index contributed by atoms with van der Waals surface area (Å²) in [5, 5.41) is 0. The smallest absolute Gasteiger partial charge is 0.123 e. The molecule has 2 N–H and O–H groups in total. The molecule has 1 unspecified atom stereocenters. The van der Waals surface area contributed by atoms with Crippen molar-refractivity contribution in [3.05, 3.63) is 57.0 Å². The Morgan fingerprint density at radius 2 is 2.12 bits per heavy atom. The molecule has 2 aromatic rings. The summed E-state index contributed by atoms with van der Waals surface area (Å²) < 4.78 is 13.8. The molecule has 0 amide bonds. The van der Waals surface area contributed by atoms with Crippen LogP contribution in [-0.4, -0.2) is 0 Å². The molecule has 0 spiro atoms. The standard InChI is InChI=1S/C13H13ClFNS/c1-13(16,11-5-6-12(14)17-11)8-9-3-2-4-10(15)7-9/h2-7H,8,16H2,1H3. The molecule has 0 aliphatic rings. The van der Waals surface area contributed by atoms with Gasteiger partial charge in [-0.25, -0.2) is 4.39 Å². The molecule has 2 rings (SSSR count). The Morgan fingerprint density at radius 3 is 2.71 bits per heavy atom. The third-order valence-corrected chi connectivity index (χ3v) is 4.11. The van der Waals surface area contributed by atoms with Crippen LogP contribution in [0.4, 0.5) is 4.39 Å². The Bertz CT molecular complexity index is 522. The van der Waals surface area contributed by atoms with Gasteiger partial charge in [-0.15, -0.1) is 11.3 Å². The van der Waals surface area contributed by atoms with Crippen LogP contribution in [0.15, 0.2) is 36.4 Å². The first kappa shape index (κ1) is 12.6. The van der Waals surface area contributed by atoms with Crippen molar-refractivity contribution in [1.29, 1.82) is 0 Å². The normalized spacial score (nSPS) is 14.6. The molecule has 17 heavy (non-hydrogen) atoms. The van der Waals surface area contributed by atoms with E-state index in [2.05, 4.69) is 0 Å². The van der Waals surface area contributed by atoms with Crippen molar-refractivity contribution in [2.24, 2.45) is 5.73 Å². The van der Waals surface area contributed by atoms with Gasteiger partial charge >= 0.3 is 0 Å². The number of benzene rings is 1. The third kappa shape index (κ3) is 3.06. The van der Waals surface area contributed by atoms with Crippen LogP contribution in [0.3, 0.4) is 0 Å². The van der Waals surface area contributed by atoms with E-state index in [1.165, 1.54) is 23.5 Å². The maximum atomic E-state index is 13.1. The molecular formula is C13H13ClFNS. The van der Waals surface area contributed by atoms with Crippen LogP contribution >= 0.6 is 22.9 Å². The number of hydrogen-bond donors (Lipinski definition) is 1. The number of rotatable bonds is 3. The first-order chi connectivity index (χ1) is 7.97. The Kier molecular flexibility index (Phi) is 3.52. The minimum atomic E-state index is -0.522. The minimum Gasteiger partial charge on any atom is -0.321 e. The highest BCUT2D eigenvalue weighted by Crippen LogP contribution is 2.31. The van der Waals surface area contributed by atoms with Crippen LogP contribution in [0.2, 0.25) is 4.34 Å². The lowest BCUT2D eigenvalue weighted by Crippen LogP contribution is -2.34. The fourth-order valence-electron chi connectivity index (χ4n) is 1.78. The minimum absolute atomic E-state index is 0.234. The Hall–Kier alpha value is -0.900. The lowest BCUT2D eigenvalue weighted by Gasteiger charge is -2.23. The summed E-state index contributed by atoms with van der Waals surface area (Å²) in [6.45, 7) is 1.93. The van der Waals surface area contributed by atoms with Gasteiger partial charge in [0.05, 0.1) is 9.88 Å². The highest BCUT2D eigenvalue weighted by Gasteiger charge is 2.23. The molecule has 90 valence electrons. The van der Waals surface area contributed by atoms with Crippen molar-refractivity contribution in [3.8, 4) is 0 Å². The van der Waals surface area contributed by atoms with Crippen LogP contribution in [0.25, 0.3) is 0 Å². The summed E-state index contributed by atoms with van der Waals surface area (Å²) in [6.07, 6.45) is 0.585. The van der Waals surface area contributed by atoms with Crippen molar-refractivity contribution in [3.63, 3.8) is 0 Å². The first-order valence-electron chi connectivity index (χ1n) is 5.26. The van der Waals surface area contributed by atoms with Gasteiger partial charge in [-0.1, -0.05) is 23.7 Å². The van der Waals surface area contributed by atoms with E-state index >= 15 is 0 Å². The lowest BCUT2D eigenvalue weighted by molar-refractivity contribution is 0.500. The number of halogens is 2. The number of thiophene rings is 1. The lowest BCUT2D eigenvalue weighted by atomic mass is 9.92. The Balaban J connectivity index is 2.22. The molecule has 4 heteroatoms. The fraction of sp³-hybridized carbons (Fsp3) is 0.231. The van der Waals surface area contributed by atoms with Gasteiger partial charge in [0.1, 0.15) is 5.82 Å². The predicted molar refractivity (Wildman–Crippen MR) is 71.0 cm³/mol. The van der Waals surface area contributed by atoms with Gasteiger partial charge in [0, 0.05) is 4.88 Å². The monoisotopic (exact) mass is 269 g/mol. The second-order valence-electron chi connectivity index (χ2n) is 4.33. The first-order valence-corrected chi connectivity index (χ1v) is 6.46. The topological polar surface area (TPSA) is 26.0 Å². The van der Waals surface area contributed by atoms with Gasteiger partial charge in [-0.3, -0.25) is 0 Å². The van der Waals surface area contributed by atoms with Gasteiger partial charge in [-0.2, -0.15) is 0 Å². The van der Waals surface area contributed by atoms with Crippen molar-refractivity contribution in [2.75, 3.05) is 0 Å². The van der Waals surface area contributed by atoms with E-state index in [4.69, 9.17) is 17.3 Å². The summed E-state index contributed by atoms with van der Waals surface area (Å²) in [4.78, 5) is 1.01. The van der Waals surface area contributed by atoms with Gasteiger partial charge in [0.2, 0.25) is 0 Å². The largest absolute Gasteiger partial charge is 0.321 e. The second-order valence-corrected chi connectivity index (χ2v) is 6.04. The maximum absolute atomic E-state index is 13.1. The highest BCUT2D eigenvalue weighted by atomic mass is 35.5. The van der Waals surface area contributed by atoms with E-state index in [0.29, 0.717) is 6.42 Å². The van der Waals surface area contributed by atoms with Crippen molar-refractivity contribution >= 4 is 22.9 Å². The van der Waals surface area contributed by atoms with E-state index in [-0.39, 0.29) is 5.82 Å². The van der Waals surface area contributed by atoms with Gasteiger partial charge < -0.3 is 5.73 Å². The quantitative estimate of drug-likeness (QED) is 0.897. The summed E-state index contributed by atoms with van der Waals surface area (Å²) in [5.41, 5.74) is 6.63. The Labute approximate surface area is 109 Å². The van der Waals surface area contributed by atoms with Crippen LogP contribution in [0.5, 0.6) is 0 Å². The van der Waals surface area contributed by atoms with E-state index < -0.39 is 5.54 Å². The molecule has 1 atom stereocenters. The van der Waals surface area contributed by atoms with Crippen molar-refractivity contribution in [1.82, 2.24) is 0 Å². The van der Waals surface area contributed by atoms with Crippen LogP contribution in [-0.2, 0) is 12.0 Å². The zero-order valence-corrected chi connectivity index (χ0v) is 11.0. The zero-order chi connectivity index (χ0) is 12.5. The van der Waals surface area contributed by atoms with Crippen molar-refractivity contribution in [2.45, 2.75) is 18.9 Å². The van der Waals surface area contributed by atoms with Crippen molar-refractivity contribution < 1.29 is 4.39 Å². The summed E-state index contributed by atoms with van der Waals surface area (Å²) in [7, 11) is 0. The van der Waals surface area contributed by atoms with Crippen LogP contribution in [0, 0.1) is 5.82 Å². The summed E-state index contributed by atoms with van der Waals surface area (Å²) >= 11 is 7.36. The van der Waals surface area contributed by atoms with E-state index in [9.17, 15) is 4.39 Å². The molecular weight excluding hydrogens is 257 g/mol. The van der Waals surface area contributed by atoms with Gasteiger partial charge in [0.25, 0.3) is 0 Å². The molecule has 0 aliphatic heterocycles. The molecule has 0 radical (unpaired) electrons. The second kappa shape index (κ2) is 4.77. The van der Waals surface area contributed by atoms with Crippen LogP contribution in [0.1, 0.15) is 17.4 Å². The maximum Gasteiger partial charge on any atom is 0.123 e. The van der Waals surface area contributed by atoms with Crippen LogP contribution < -0.4 is 5.73 Å². The average molecular weight is 270 g/mol. The van der Waals surface area contributed by atoms with Gasteiger partial charge in [-0.05, 0) is 43.2 Å². The fourth-order valence-corrected chi connectivity index (χ4v) is 2.88. The summed E-state index contributed by atoms with van der Waals surface area (Å²) in [6, 6.07) is 10.3. The number of nitrogens with two attached hydrogens (primary N) is 1. The summed E-state index contributed by atoms with van der Waals surface area (Å²) in [5.74, 6) is -0.234. The average Bonchev–Trinajstić information content (AvgIpc) is 2.65. The SMILES string of the molecule is CC(N)(Cc1cccc(F)c1)c1ccc(Cl)s1. The predicted octanol–water partition coefficient (Wildman–Crippen LogP) is 3.96. The molecule has 1 heterocycles. The molecule has 1 aromatic carbocycles. The third-order valence-electron chi connectivity index (χ3n) is 2.60. The van der Waals surface area contributed by atoms with E-state index in [1.54, 1.807) is 6.07 Å². The molecule has 1 nitrogen and oxygen atoms in total. The Morgan fingerprint density at radius 1 is 1.35 bits per heavy atom. The molecule has 0 fully saturated rings. The van der Waals surface area contributed by atoms with E-state index in [1.807, 2.05) is 25.1 Å². The molecule has 1 aromatic heterocycles. The van der Waals surface area contributed by atoms with Gasteiger partial charge in [0.15, 0.2) is 0 Å². The molecule has 0 bridgehead atoms. The zero-order valence-electron chi connectivity index (χ0n) is 9.41. The number of hydrogen-bond acceptors (Lipinski definition) is 2. The molecule has 0 saturated heterocycles. The highest BCUT2D eigenvalue weighted by molar-refractivity contribution is 7.16.